The van der Waals surface area contributed by atoms with Gasteiger partial charge in [-0.1, -0.05) is 36.4 Å². The molecular formula is C19H16O2S. The highest BCUT2D eigenvalue weighted by molar-refractivity contribution is 7.13. The number of benzene rings is 2. The number of hydrogen-bond acceptors (Lipinski definition) is 3. The van der Waals surface area contributed by atoms with Gasteiger partial charge in [-0.25, -0.2) is 0 Å². The Morgan fingerprint density at radius 3 is 2.59 bits per heavy atom. The zero-order valence-corrected chi connectivity index (χ0v) is 13.1. The van der Waals surface area contributed by atoms with E-state index in [1.807, 2.05) is 42.5 Å². The summed E-state index contributed by atoms with van der Waals surface area (Å²) < 4.78 is 5.98. The second kappa shape index (κ2) is 6.58. The highest BCUT2D eigenvalue weighted by atomic mass is 32.1. The van der Waals surface area contributed by atoms with Gasteiger partial charge in [0.1, 0.15) is 12.4 Å². The smallest absolute Gasteiger partial charge is 0.153 e. The Hall–Kier alpha value is -2.39. The number of ether oxygens (including phenoxy) is 1. The van der Waals surface area contributed by atoms with Crippen molar-refractivity contribution in [2.24, 2.45) is 0 Å². The minimum Gasteiger partial charge on any atom is -0.487 e. The monoisotopic (exact) mass is 308 g/mol. The van der Waals surface area contributed by atoms with Gasteiger partial charge in [0, 0.05) is 10.4 Å². The summed E-state index contributed by atoms with van der Waals surface area (Å²) in [6.07, 6.45) is 0.851. The highest BCUT2D eigenvalue weighted by Crippen LogP contribution is 2.36. The maximum absolute atomic E-state index is 11.4. The van der Waals surface area contributed by atoms with Crippen molar-refractivity contribution >= 4 is 17.6 Å². The molecule has 1 aromatic heterocycles. The molecule has 0 aliphatic heterocycles. The Balaban J connectivity index is 1.95. The predicted molar refractivity (Wildman–Crippen MR) is 90.7 cm³/mol. The number of rotatable bonds is 5. The molecule has 0 spiro atoms. The molecule has 0 amide bonds. The molecule has 3 aromatic rings. The molecule has 0 bridgehead atoms. The molecule has 3 heteroatoms. The Morgan fingerprint density at radius 1 is 1.09 bits per heavy atom. The van der Waals surface area contributed by atoms with E-state index in [0.29, 0.717) is 17.9 Å². The minimum absolute atomic E-state index is 0.447. The highest BCUT2D eigenvalue weighted by Gasteiger charge is 2.13. The van der Waals surface area contributed by atoms with Crippen LogP contribution in [0, 0.1) is 6.92 Å². The molecule has 0 aliphatic rings. The van der Waals surface area contributed by atoms with E-state index in [2.05, 4.69) is 18.4 Å². The van der Waals surface area contributed by atoms with Crippen molar-refractivity contribution in [1.82, 2.24) is 0 Å². The Labute approximate surface area is 134 Å². The van der Waals surface area contributed by atoms with Crippen molar-refractivity contribution < 1.29 is 9.53 Å². The van der Waals surface area contributed by atoms with Gasteiger partial charge in [0.15, 0.2) is 6.29 Å². The second-order valence-corrected chi connectivity index (χ2v) is 6.02. The van der Waals surface area contributed by atoms with Crippen molar-refractivity contribution in [1.29, 1.82) is 0 Å². The largest absolute Gasteiger partial charge is 0.487 e. The molecular weight excluding hydrogens is 292 g/mol. The summed E-state index contributed by atoms with van der Waals surface area (Å²) in [5.74, 6) is 0.656. The molecule has 0 radical (unpaired) electrons. The van der Waals surface area contributed by atoms with Gasteiger partial charge in [0.25, 0.3) is 0 Å². The molecule has 110 valence electrons. The fourth-order valence-electron chi connectivity index (χ4n) is 2.31. The summed E-state index contributed by atoms with van der Waals surface area (Å²) in [4.78, 5) is 12.5. The fraction of sp³-hybridized carbons (Fsp3) is 0.105. The van der Waals surface area contributed by atoms with Gasteiger partial charge in [-0.2, -0.15) is 0 Å². The van der Waals surface area contributed by atoms with Crippen molar-refractivity contribution in [3.05, 3.63) is 76.7 Å². The van der Waals surface area contributed by atoms with E-state index in [0.717, 1.165) is 22.3 Å². The van der Waals surface area contributed by atoms with Crippen LogP contribution in [0.2, 0.25) is 0 Å². The summed E-state index contributed by atoms with van der Waals surface area (Å²) in [7, 11) is 0. The van der Waals surface area contributed by atoms with E-state index in [1.54, 1.807) is 17.4 Å². The summed E-state index contributed by atoms with van der Waals surface area (Å²) in [6, 6.07) is 17.8. The van der Waals surface area contributed by atoms with E-state index in [4.69, 9.17) is 4.74 Å². The SMILES string of the molecule is Cc1csc(-c2cccc(C=O)c2OCc2ccccc2)c1. The molecule has 3 rings (SSSR count). The van der Waals surface area contributed by atoms with Gasteiger partial charge in [-0.15, -0.1) is 11.3 Å². The van der Waals surface area contributed by atoms with E-state index >= 15 is 0 Å². The molecule has 0 saturated carbocycles. The first-order chi connectivity index (χ1) is 10.8. The lowest BCUT2D eigenvalue weighted by molar-refractivity contribution is 0.111. The number of para-hydroxylation sites is 1. The quantitative estimate of drug-likeness (QED) is 0.612. The standard InChI is InChI=1S/C19H16O2S/c1-14-10-18(22-13-14)17-9-5-8-16(11-20)19(17)21-12-15-6-3-2-4-7-15/h2-11,13H,12H2,1H3. The van der Waals surface area contributed by atoms with Crippen LogP contribution in [0.15, 0.2) is 60.0 Å². The van der Waals surface area contributed by atoms with Crippen molar-refractivity contribution in [3.8, 4) is 16.2 Å². The van der Waals surface area contributed by atoms with Crippen molar-refractivity contribution in [2.45, 2.75) is 13.5 Å². The third kappa shape index (κ3) is 3.10. The Morgan fingerprint density at radius 2 is 1.91 bits per heavy atom. The van der Waals surface area contributed by atoms with Crippen LogP contribution in [0.3, 0.4) is 0 Å². The molecule has 0 N–H and O–H groups in total. The fourth-order valence-corrected chi connectivity index (χ4v) is 3.23. The number of hydrogen-bond donors (Lipinski definition) is 0. The van der Waals surface area contributed by atoms with Gasteiger partial charge < -0.3 is 4.74 Å². The lowest BCUT2D eigenvalue weighted by Gasteiger charge is -2.13. The zero-order valence-electron chi connectivity index (χ0n) is 12.3. The second-order valence-electron chi connectivity index (χ2n) is 5.10. The Kier molecular flexibility index (Phi) is 4.35. The molecule has 2 nitrogen and oxygen atoms in total. The van der Waals surface area contributed by atoms with Gasteiger partial charge >= 0.3 is 0 Å². The van der Waals surface area contributed by atoms with E-state index in [1.165, 1.54) is 5.56 Å². The molecule has 0 saturated heterocycles. The first-order valence-corrected chi connectivity index (χ1v) is 7.96. The minimum atomic E-state index is 0.447. The lowest BCUT2D eigenvalue weighted by Crippen LogP contribution is -1.99. The van der Waals surface area contributed by atoms with Crippen LogP contribution < -0.4 is 4.74 Å². The zero-order chi connectivity index (χ0) is 15.4. The summed E-state index contributed by atoms with van der Waals surface area (Å²) in [5.41, 5.74) is 3.85. The summed E-state index contributed by atoms with van der Waals surface area (Å²) in [6.45, 7) is 2.51. The predicted octanol–water partition coefficient (Wildman–Crippen LogP) is 5.12. The van der Waals surface area contributed by atoms with Crippen LogP contribution in [0.1, 0.15) is 21.5 Å². The first kappa shape index (κ1) is 14.5. The van der Waals surface area contributed by atoms with Crippen molar-refractivity contribution in [3.63, 3.8) is 0 Å². The molecule has 0 fully saturated rings. The van der Waals surface area contributed by atoms with E-state index < -0.39 is 0 Å². The Bertz CT molecular complexity index is 775. The topological polar surface area (TPSA) is 26.3 Å². The number of carbonyl (C=O) groups excluding carboxylic acids is 1. The van der Waals surface area contributed by atoms with Crippen molar-refractivity contribution in [2.75, 3.05) is 0 Å². The average molecular weight is 308 g/mol. The van der Waals surface area contributed by atoms with Crippen LogP contribution in [-0.4, -0.2) is 6.29 Å². The first-order valence-electron chi connectivity index (χ1n) is 7.08. The van der Waals surface area contributed by atoms with Gasteiger partial charge in [-0.05, 0) is 41.6 Å². The normalized spacial score (nSPS) is 10.4. The third-order valence-electron chi connectivity index (χ3n) is 3.39. The molecule has 0 atom stereocenters. The molecule has 2 aromatic carbocycles. The van der Waals surface area contributed by atoms with Crippen LogP contribution in [0.4, 0.5) is 0 Å². The van der Waals surface area contributed by atoms with E-state index in [-0.39, 0.29) is 0 Å². The summed E-state index contributed by atoms with van der Waals surface area (Å²) >= 11 is 1.66. The van der Waals surface area contributed by atoms with Gasteiger partial charge in [0.2, 0.25) is 0 Å². The van der Waals surface area contributed by atoms with Crippen LogP contribution in [-0.2, 0) is 6.61 Å². The van der Waals surface area contributed by atoms with E-state index in [9.17, 15) is 4.79 Å². The van der Waals surface area contributed by atoms with Crippen LogP contribution >= 0.6 is 11.3 Å². The maximum atomic E-state index is 11.4. The summed E-state index contributed by atoms with van der Waals surface area (Å²) in [5, 5.41) is 2.10. The number of aryl methyl sites for hydroxylation is 1. The average Bonchev–Trinajstić information content (AvgIpc) is 3.00. The number of carbonyl (C=O) groups is 1. The maximum Gasteiger partial charge on any atom is 0.153 e. The van der Waals surface area contributed by atoms with Gasteiger partial charge in [-0.3, -0.25) is 4.79 Å². The number of thiophene rings is 1. The number of aldehydes is 1. The molecule has 1 heterocycles. The van der Waals surface area contributed by atoms with Crippen LogP contribution in [0.5, 0.6) is 5.75 Å². The third-order valence-corrected chi connectivity index (χ3v) is 4.48. The molecule has 0 aliphatic carbocycles. The molecule has 22 heavy (non-hydrogen) atoms. The lowest BCUT2D eigenvalue weighted by atomic mass is 10.1. The van der Waals surface area contributed by atoms with Gasteiger partial charge in [0.05, 0.1) is 5.56 Å². The van der Waals surface area contributed by atoms with Crippen LogP contribution in [0.25, 0.3) is 10.4 Å². The molecule has 0 unspecified atom stereocenters.